The summed E-state index contributed by atoms with van der Waals surface area (Å²) in [5.41, 5.74) is 1.23. The normalized spacial score (nSPS) is 15.9. The fourth-order valence-electron chi connectivity index (χ4n) is 14.3. The number of aryl methyl sites for hydroxylation is 7. The lowest BCUT2D eigenvalue weighted by atomic mass is 9.85. The van der Waals surface area contributed by atoms with Crippen LogP contribution in [0.15, 0.2) is 128 Å². The molecule has 0 bridgehead atoms. The van der Waals surface area contributed by atoms with Gasteiger partial charge >= 0.3 is 43.6 Å². The van der Waals surface area contributed by atoms with Crippen LogP contribution in [-0.4, -0.2) is 122 Å². The van der Waals surface area contributed by atoms with Crippen molar-refractivity contribution >= 4 is 30.6 Å². The van der Waals surface area contributed by atoms with Crippen molar-refractivity contribution < 1.29 is 106 Å². The lowest BCUT2D eigenvalue weighted by molar-refractivity contribution is -0.167. The van der Waals surface area contributed by atoms with Crippen LogP contribution in [0.25, 0.3) is 55.9 Å². The number of alkyl halides is 9. The maximum atomic E-state index is 14.5. The zero-order valence-electron chi connectivity index (χ0n) is 69.1. The molecule has 1 saturated heterocycles. The number of halogens is 9. The topological polar surface area (TPSA) is 217 Å². The van der Waals surface area contributed by atoms with Gasteiger partial charge in [0, 0.05) is 67.6 Å². The van der Waals surface area contributed by atoms with E-state index in [0.717, 1.165) is 92.6 Å². The Hall–Kier alpha value is -10.0. The predicted octanol–water partition coefficient (Wildman–Crippen LogP) is 18.9. The van der Waals surface area contributed by atoms with Crippen LogP contribution < -0.4 is 19.8 Å². The molecular weight excluding hydrogens is 1530 g/mol. The van der Waals surface area contributed by atoms with Crippen molar-refractivity contribution in [2.24, 2.45) is 21.1 Å². The van der Waals surface area contributed by atoms with Crippen molar-refractivity contribution in [3.63, 3.8) is 0 Å². The summed E-state index contributed by atoms with van der Waals surface area (Å²) in [6, 6.07) is 28.2. The first-order valence-electron chi connectivity index (χ1n) is 38.2. The highest BCUT2D eigenvalue weighted by molar-refractivity contribution is 6.61. The largest absolute Gasteiger partial charge is 0.514 e. The van der Waals surface area contributed by atoms with Crippen molar-refractivity contribution in [3.8, 4) is 73.1 Å². The van der Waals surface area contributed by atoms with Crippen molar-refractivity contribution in [1.29, 1.82) is 0 Å². The number of fused-ring (bicyclic) bond motifs is 3. The molecular formula is C87H100BF9N6O14. The molecule has 0 amide bonds. The maximum Gasteiger partial charge on any atom is 0.514 e. The number of aliphatic carboxylic acids is 1. The summed E-state index contributed by atoms with van der Waals surface area (Å²) in [5, 5.41) is 22.6. The van der Waals surface area contributed by atoms with Crippen molar-refractivity contribution in [3.05, 3.63) is 183 Å². The van der Waals surface area contributed by atoms with Gasteiger partial charge in [-0.2, -0.15) is 54.8 Å². The van der Waals surface area contributed by atoms with E-state index in [-0.39, 0.29) is 40.6 Å². The number of carbonyl (C=O) groups is 3. The third-order valence-electron chi connectivity index (χ3n) is 20.3. The van der Waals surface area contributed by atoms with Gasteiger partial charge in [-0.15, -0.1) is 0 Å². The van der Waals surface area contributed by atoms with Crippen LogP contribution in [0.3, 0.4) is 0 Å². The molecule has 20 nitrogen and oxygen atoms in total. The van der Waals surface area contributed by atoms with Gasteiger partial charge in [-0.05, 0) is 264 Å². The van der Waals surface area contributed by atoms with E-state index in [0.29, 0.717) is 88.1 Å². The Labute approximate surface area is 675 Å². The number of carboxylic acid groups (broad SMARTS) is 1. The molecule has 6 aromatic carbocycles. The summed E-state index contributed by atoms with van der Waals surface area (Å²) < 4.78 is 190. The molecule has 0 spiro atoms. The minimum Gasteiger partial charge on any atom is -0.493 e. The summed E-state index contributed by atoms with van der Waals surface area (Å²) in [5.74, 6) is -1.19. The molecule has 3 unspecified atom stereocenters. The Morgan fingerprint density at radius 3 is 1.09 bits per heavy atom. The summed E-state index contributed by atoms with van der Waals surface area (Å²) in [6.07, 6.45) is -9.76. The summed E-state index contributed by atoms with van der Waals surface area (Å²) in [6.45, 7) is 26.6. The van der Waals surface area contributed by atoms with E-state index in [1.54, 1.807) is 160 Å². The summed E-state index contributed by atoms with van der Waals surface area (Å²) in [4.78, 5) is 38.1. The van der Waals surface area contributed by atoms with Crippen molar-refractivity contribution in [1.82, 2.24) is 29.3 Å². The molecule has 4 aliphatic heterocycles. The molecule has 7 heterocycles. The molecule has 3 atom stereocenters. The third-order valence-corrected chi connectivity index (χ3v) is 20.3. The molecule has 1 fully saturated rings. The first kappa shape index (κ1) is 89.3. The van der Waals surface area contributed by atoms with Gasteiger partial charge in [-0.1, -0.05) is 36.4 Å². The number of esters is 2. The maximum absolute atomic E-state index is 14.5. The van der Waals surface area contributed by atoms with Crippen LogP contribution in [0.5, 0.6) is 17.2 Å². The van der Waals surface area contributed by atoms with Crippen molar-refractivity contribution in [2.45, 2.75) is 200 Å². The van der Waals surface area contributed by atoms with Gasteiger partial charge < -0.3 is 52.3 Å². The average molecular weight is 1640 g/mol. The Morgan fingerprint density at radius 1 is 0.453 bits per heavy atom. The Balaban J connectivity index is 0.000000170. The minimum atomic E-state index is -4.80. The number of hydrogen-bond acceptors (Lipinski definition) is 16. The second-order valence-electron chi connectivity index (χ2n) is 32.8. The van der Waals surface area contributed by atoms with Gasteiger partial charge in [0.2, 0.25) is 0 Å². The summed E-state index contributed by atoms with van der Waals surface area (Å²) >= 11 is 0. The van der Waals surface area contributed by atoms with Gasteiger partial charge in [0.15, 0.2) is 18.3 Å². The number of aromatic nitrogens is 6. The quantitative estimate of drug-likeness (QED) is 0.0573. The van der Waals surface area contributed by atoms with Crippen LogP contribution in [-0.2, 0) is 106 Å². The first-order valence-corrected chi connectivity index (χ1v) is 38.2. The van der Waals surface area contributed by atoms with Crippen LogP contribution in [0.1, 0.15) is 183 Å². The number of hydrogen-bond donors (Lipinski definition) is 1. The number of methoxy groups -OCH3 is 2. The van der Waals surface area contributed by atoms with E-state index in [9.17, 15) is 59.0 Å². The van der Waals surface area contributed by atoms with E-state index < -0.39 is 93.8 Å². The molecule has 0 radical (unpaired) electrons. The van der Waals surface area contributed by atoms with Gasteiger partial charge in [-0.3, -0.25) is 14.0 Å². The van der Waals surface area contributed by atoms with E-state index >= 15 is 0 Å². The van der Waals surface area contributed by atoms with Crippen LogP contribution in [0.4, 0.5) is 39.5 Å². The number of ether oxygens (including phenoxy) is 8. The molecule has 9 aromatic rings. The number of carboxylic acids is 1. The molecule has 117 heavy (non-hydrogen) atoms. The lowest BCUT2D eigenvalue weighted by Crippen LogP contribution is -2.41. The second-order valence-corrected chi connectivity index (χ2v) is 32.8. The van der Waals surface area contributed by atoms with Crippen LogP contribution >= 0.6 is 0 Å². The van der Waals surface area contributed by atoms with E-state index in [2.05, 4.69) is 15.3 Å². The highest BCUT2D eigenvalue weighted by Crippen LogP contribution is 2.52. The molecule has 1 N–H and O–H groups in total. The predicted molar refractivity (Wildman–Crippen MR) is 423 cm³/mol. The van der Waals surface area contributed by atoms with Gasteiger partial charge in [0.1, 0.15) is 17.2 Å². The first-order chi connectivity index (χ1) is 54.5. The molecule has 0 aliphatic carbocycles. The zero-order valence-corrected chi connectivity index (χ0v) is 69.1. The SMILES string of the molecule is COC(=O)C(OC(C)(C)C)c1c(C(F)(F)F)ccc(-c2ccnn2C)c1-c1ccc2c(c1)CCCO2.COC(=O)C(OC(C)(C)C)c1c(C(F)(F)F)ccc(C)c1-c1ccc2c(c1)CCCO2.Cn1nccc1-c1ccc(C(F)(F)F)c(C(OC(C)(C)C)C(=O)O)c1-c1ccc2c(c1)CCCO2.Cn1nccc1B1OC(C)(C)C(C)(C)O1. The number of rotatable bonds is 15. The van der Waals surface area contributed by atoms with Gasteiger partial charge in [0.05, 0.1) is 95.7 Å². The highest BCUT2D eigenvalue weighted by Gasteiger charge is 2.53. The smallest absolute Gasteiger partial charge is 0.493 e. The molecule has 3 aromatic heterocycles. The Bertz CT molecular complexity index is 5070. The number of carbonyl (C=O) groups excluding carboxylic acids is 2. The van der Waals surface area contributed by atoms with Crippen LogP contribution in [0, 0.1) is 6.92 Å². The van der Waals surface area contributed by atoms with Gasteiger partial charge in [-0.25, -0.2) is 14.4 Å². The monoisotopic (exact) mass is 1630 g/mol. The lowest BCUT2D eigenvalue weighted by Gasteiger charge is -2.32. The standard InChI is InChI=1S/C27H29F3N2O4.C26H27F3N2O4.C24H27F3O4.C10H17BN2O2/c1-26(2,3)36-24(25(33)34-5)23-19(27(28,29)30)10-9-18(20-12-13-31-32(20)4)22(23)17-8-11-21-16(15-17)7-6-14-35-21;1-25(2,3)35-23(24(32)33)22-18(26(27,28)29)9-8-17(19-11-12-30-31(19)4)21(22)16-7-10-20-15(14-16)6-5-13-34-20;1-14-8-10-17(24(25,26)27)20(21(22(28)29-5)31-23(2,3)4)19(14)16-9-11-18-15(13-16)7-6-12-30-18;1-9(2)10(3,4)15-11(14-9)8-6-7-12-13(8)5/h8-13,15,24H,6-7,14H2,1-5H3;7-12,14,23H,5-6,13H2,1-4H3,(H,32,33);8-11,13,21H,6-7,12H2,1-5H3;6-7H,1-5H3. The molecule has 13 rings (SSSR count). The number of benzene rings is 6. The van der Waals surface area contributed by atoms with Crippen molar-refractivity contribution in [2.75, 3.05) is 34.0 Å². The molecule has 628 valence electrons. The molecule has 0 saturated carbocycles. The van der Waals surface area contributed by atoms with Gasteiger partial charge in [0.25, 0.3) is 0 Å². The Morgan fingerprint density at radius 2 is 0.778 bits per heavy atom. The Kier molecular flexibility index (Phi) is 26.6. The second kappa shape index (κ2) is 34.9. The molecule has 30 heteroatoms. The minimum absolute atomic E-state index is 0.147. The fraction of sp³-hybridized carbons (Fsp3) is 0.448. The third kappa shape index (κ3) is 20.8. The van der Waals surface area contributed by atoms with Crippen LogP contribution in [0.2, 0.25) is 0 Å². The zero-order chi connectivity index (χ0) is 86.0. The average Bonchev–Trinajstić information content (AvgIpc) is 1.36. The molecule has 4 aliphatic rings. The summed E-state index contributed by atoms with van der Waals surface area (Å²) in [7, 11) is 7.23. The van der Waals surface area contributed by atoms with E-state index in [1.165, 1.54) is 29.1 Å². The fourth-order valence-corrected chi connectivity index (χ4v) is 14.3. The van der Waals surface area contributed by atoms with E-state index in [4.69, 9.17) is 47.2 Å². The number of nitrogens with zero attached hydrogens (tertiary/aromatic N) is 6. The van der Waals surface area contributed by atoms with E-state index in [1.807, 2.05) is 52.9 Å². The highest BCUT2D eigenvalue weighted by atomic mass is 19.4.